The van der Waals surface area contributed by atoms with Crippen LogP contribution in [0, 0.1) is 6.92 Å². The molecular weight excluding hydrogens is 474 g/mol. The Morgan fingerprint density at radius 1 is 0.972 bits per heavy atom. The number of nitrogens with zero attached hydrogens (tertiary/aromatic N) is 4. The molecule has 0 atom stereocenters. The van der Waals surface area contributed by atoms with Gasteiger partial charge in [0.25, 0.3) is 5.91 Å². The Morgan fingerprint density at radius 2 is 1.69 bits per heavy atom. The average molecular weight is 502 g/mol. The molecule has 0 radical (unpaired) electrons. The number of methoxy groups -OCH3 is 2. The van der Waals surface area contributed by atoms with Gasteiger partial charge < -0.3 is 9.47 Å². The highest BCUT2D eigenvalue weighted by atomic mass is 32.2. The van der Waals surface area contributed by atoms with Crippen molar-refractivity contribution in [2.45, 2.75) is 19.0 Å². The molecule has 36 heavy (non-hydrogen) atoms. The minimum absolute atomic E-state index is 0.122. The summed E-state index contributed by atoms with van der Waals surface area (Å²) >= 11 is 1.29. The van der Waals surface area contributed by atoms with Gasteiger partial charge in [-0.05, 0) is 50.2 Å². The van der Waals surface area contributed by atoms with Gasteiger partial charge in [0, 0.05) is 16.8 Å². The summed E-state index contributed by atoms with van der Waals surface area (Å²) in [5.41, 5.74) is 7.12. The molecule has 0 aliphatic heterocycles. The molecular formula is C27H27N5O3S. The van der Waals surface area contributed by atoms with Gasteiger partial charge >= 0.3 is 0 Å². The second-order valence-electron chi connectivity index (χ2n) is 7.96. The molecule has 1 amide bonds. The normalized spacial score (nSPS) is 11.3. The molecule has 0 aliphatic carbocycles. The van der Waals surface area contributed by atoms with Crippen molar-refractivity contribution < 1.29 is 14.3 Å². The van der Waals surface area contributed by atoms with Gasteiger partial charge in [-0.15, -0.1) is 10.2 Å². The van der Waals surface area contributed by atoms with Crippen LogP contribution in [0.15, 0.2) is 83.1 Å². The summed E-state index contributed by atoms with van der Waals surface area (Å²) in [6.07, 6.45) is 0. The standard InChI is InChI=1S/C27H27N5O3S/c1-18-8-10-20(11-9-18)26-30-31-27(32(26)22-12-14-23(34-3)15-13-22)36-17-25(33)29-28-19(2)21-6-5-7-24(16-21)35-4/h5-16H,17H2,1-4H3,(H,29,33). The lowest BCUT2D eigenvalue weighted by Gasteiger charge is -2.11. The zero-order valence-electron chi connectivity index (χ0n) is 20.6. The van der Waals surface area contributed by atoms with E-state index < -0.39 is 0 Å². The summed E-state index contributed by atoms with van der Waals surface area (Å²) in [7, 11) is 3.24. The Morgan fingerprint density at radius 3 is 2.39 bits per heavy atom. The number of hydrazone groups is 1. The zero-order valence-corrected chi connectivity index (χ0v) is 21.4. The van der Waals surface area contributed by atoms with Crippen molar-refractivity contribution in [1.82, 2.24) is 20.2 Å². The molecule has 0 spiro atoms. The van der Waals surface area contributed by atoms with E-state index in [4.69, 9.17) is 9.47 Å². The highest BCUT2D eigenvalue weighted by Crippen LogP contribution is 2.29. The number of carbonyl (C=O) groups is 1. The third kappa shape index (κ3) is 5.92. The smallest absolute Gasteiger partial charge is 0.250 e. The molecule has 0 saturated heterocycles. The monoisotopic (exact) mass is 501 g/mol. The molecule has 0 saturated carbocycles. The fourth-order valence-electron chi connectivity index (χ4n) is 3.44. The fraction of sp³-hybridized carbons (Fsp3) is 0.185. The summed E-state index contributed by atoms with van der Waals surface area (Å²) in [5.74, 6) is 2.04. The van der Waals surface area contributed by atoms with Crippen molar-refractivity contribution in [3.63, 3.8) is 0 Å². The first kappa shape index (κ1) is 25.0. The van der Waals surface area contributed by atoms with E-state index in [-0.39, 0.29) is 11.7 Å². The maximum absolute atomic E-state index is 12.6. The number of carbonyl (C=O) groups excluding carboxylic acids is 1. The van der Waals surface area contributed by atoms with Crippen molar-refractivity contribution in [2.24, 2.45) is 5.10 Å². The van der Waals surface area contributed by atoms with Crippen LogP contribution in [0.1, 0.15) is 18.1 Å². The zero-order chi connectivity index (χ0) is 25.5. The number of hydrogen-bond acceptors (Lipinski definition) is 7. The second kappa shape index (κ2) is 11.5. The van der Waals surface area contributed by atoms with Crippen LogP contribution in [0.2, 0.25) is 0 Å². The molecule has 8 nitrogen and oxygen atoms in total. The Hall–Kier alpha value is -4.11. The third-order valence-corrected chi connectivity index (χ3v) is 6.37. The molecule has 0 unspecified atom stereocenters. The lowest BCUT2D eigenvalue weighted by molar-refractivity contribution is -0.118. The summed E-state index contributed by atoms with van der Waals surface area (Å²) in [6, 6.07) is 23.2. The number of thioether (sulfide) groups is 1. The van der Waals surface area contributed by atoms with Crippen molar-refractivity contribution in [3.05, 3.63) is 83.9 Å². The molecule has 9 heteroatoms. The number of amides is 1. The van der Waals surface area contributed by atoms with Gasteiger partial charge in [0.15, 0.2) is 11.0 Å². The predicted molar refractivity (Wildman–Crippen MR) is 142 cm³/mol. The highest BCUT2D eigenvalue weighted by Gasteiger charge is 2.17. The number of aromatic nitrogens is 3. The first-order valence-electron chi connectivity index (χ1n) is 11.3. The lowest BCUT2D eigenvalue weighted by Crippen LogP contribution is -2.21. The van der Waals surface area contributed by atoms with E-state index in [0.717, 1.165) is 33.9 Å². The number of hydrogen-bond donors (Lipinski definition) is 1. The molecule has 1 N–H and O–H groups in total. The molecule has 0 bridgehead atoms. The van der Waals surface area contributed by atoms with Crippen molar-refractivity contribution in [1.29, 1.82) is 0 Å². The van der Waals surface area contributed by atoms with Crippen LogP contribution in [0.5, 0.6) is 11.5 Å². The number of aryl methyl sites for hydroxylation is 1. The summed E-state index contributed by atoms with van der Waals surface area (Å²) in [5, 5.41) is 13.6. The maximum Gasteiger partial charge on any atom is 0.250 e. The van der Waals surface area contributed by atoms with Crippen molar-refractivity contribution in [2.75, 3.05) is 20.0 Å². The third-order valence-electron chi connectivity index (χ3n) is 5.44. The van der Waals surface area contributed by atoms with E-state index >= 15 is 0 Å². The predicted octanol–water partition coefficient (Wildman–Crippen LogP) is 4.89. The van der Waals surface area contributed by atoms with Gasteiger partial charge in [0.05, 0.1) is 25.7 Å². The Bertz CT molecular complexity index is 1370. The van der Waals surface area contributed by atoms with Gasteiger partial charge in [0.2, 0.25) is 0 Å². The van der Waals surface area contributed by atoms with Crippen LogP contribution < -0.4 is 14.9 Å². The quantitative estimate of drug-likeness (QED) is 0.199. The topological polar surface area (TPSA) is 90.6 Å². The second-order valence-corrected chi connectivity index (χ2v) is 8.90. The summed E-state index contributed by atoms with van der Waals surface area (Å²) < 4.78 is 12.5. The van der Waals surface area contributed by atoms with Crippen LogP contribution in [0.3, 0.4) is 0 Å². The SMILES string of the molecule is COc1ccc(-n2c(SCC(=O)NN=C(C)c3cccc(OC)c3)nnc2-c2ccc(C)cc2)cc1. The van der Waals surface area contributed by atoms with Crippen LogP contribution in [-0.2, 0) is 4.79 Å². The molecule has 3 aromatic carbocycles. The molecule has 0 fully saturated rings. The minimum atomic E-state index is -0.247. The van der Waals surface area contributed by atoms with Crippen molar-refractivity contribution >= 4 is 23.4 Å². The number of nitrogens with one attached hydrogen (secondary N) is 1. The lowest BCUT2D eigenvalue weighted by atomic mass is 10.1. The van der Waals surface area contributed by atoms with E-state index in [2.05, 4.69) is 20.7 Å². The van der Waals surface area contributed by atoms with Crippen LogP contribution in [0.4, 0.5) is 0 Å². The van der Waals surface area contributed by atoms with Gasteiger partial charge in [-0.3, -0.25) is 9.36 Å². The average Bonchev–Trinajstić information content (AvgIpc) is 3.34. The molecule has 4 aromatic rings. The number of rotatable bonds is 9. The van der Waals surface area contributed by atoms with E-state index in [1.54, 1.807) is 14.2 Å². The number of ether oxygens (including phenoxy) is 2. The highest BCUT2D eigenvalue weighted by molar-refractivity contribution is 7.99. The van der Waals surface area contributed by atoms with E-state index in [1.807, 2.05) is 91.2 Å². The summed E-state index contributed by atoms with van der Waals surface area (Å²) in [6.45, 7) is 3.87. The first-order chi connectivity index (χ1) is 17.5. The van der Waals surface area contributed by atoms with E-state index in [1.165, 1.54) is 11.8 Å². The Labute approximate surface area is 214 Å². The van der Waals surface area contributed by atoms with E-state index in [0.29, 0.717) is 16.7 Å². The van der Waals surface area contributed by atoms with Gasteiger partial charge in [-0.25, -0.2) is 5.43 Å². The van der Waals surface area contributed by atoms with Crippen LogP contribution >= 0.6 is 11.8 Å². The molecule has 0 aliphatic rings. The number of benzene rings is 3. The van der Waals surface area contributed by atoms with Gasteiger partial charge in [-0.1, -0.05) is 53.7 Å². The van der Waals surface area contributed by atoms with Gasteiger partial charge in [0.1, 0.15) is 11.5 Å². The molecule has 1 aromatic heterocycles. The van der Waals surface area contributed by atoms with Gasteiger partial charge in [-0.2, -0.15) is 5.10 Å². The summed E-state index contributed by atoms with van der Waals surface area (Å²) in [4.78, 5) is 12.6. The molecule has 1 heterocycles. The van der Waals surface area contributed by atoms with Crippen LogP contribution in [-0.4, -0.2) is 46.4 Å². The molecule has 184 valence electrons. The largest absolute Gasteiger partial charge is 0.497 e. The van der Waals surface area contributed by atoms with Crippen LogP contribution in [0.25, 0.3) is 17.1 Å². The van der Waals surface area contributed by atoms with Crippen molar-refractivity contribution in [3.8, 4) is 28.6 Å². The Kier molecular flexibility index (Phi) is 8.02. The first-order valence-corrected chi connectivity index (χ1v) is 12.2. The fourth-order valence-corrected chi connectivity index (χ4v) is 4.18. The van der Waals surface area contributed by atoms with E-state index in [9.17, 15) is 4.79 Å². The maximum atomic E-state index is 12.6. The molecule has 4 rings (SSSR count). The Balaban J connectivity index is 1.53. The minimum Gasteiger partial charge on any atom is -0.497 e.